The van der Waals surface area contributed by atoms with Gasteiger partial charge in [-0.25, -0.2) is 0 Å². The van der Waals surface area contributed by atoms with Crippen LogP contribution in [0, 0.1) is 13.8 Å². The summed E-state index contributed by atoms with van der Waals surface area (Å²) in [6, 6.07) is 5.66. The highest BCUT2D eigenvalue weighted by Gasteiger charge is 2.08. The third-order valence-electron chi connectivity index (χ3n) is 1.94. The molecule has 15 heavy (non-hydrogen) atoms. The molecule has 0 fully saturated rings. The monoisotopic (exact) mass is 223 g/mol. The maximum atomic E-state index is 11.6. The van der Waals surface area contributed by atoms with Crippen molar-refractivity contribution < 1.29 is 4.79 Å². The van der Waals surface area contributed by atoms with E-state index >= 15 is 0 Å². The van der Waals surface area contributed by atoms with Crippen LogP contribution in [0.5, 0.6) is 0 Å². The number of hydrogen-bond acceptors (Lipinski definition) is 2. The average molecular weight is 223 g/mol. The van der Waals surface area contributed by atoms with Gasteiger partial charge in [0.25, 0.3) is 5.91 Å². The number of benzene rings is 1. The highest BCUT2D eigenvalue weighted by atomic mass is 32.1. The molecule has 4 N–H and O–H groups in total. The van der Waals surface area contributed by atoms with Crippen LogP contribution < -0.4 is 16.6 Å². The molecule has 0 bridgehead atoms. The van der Waals surface area contributed by atoms with E-state index in [1.807, 2.05) is 32.0 Å². The molecule has 80 valence electrons. The van der Waals surface area contributed by atoms with Crippen LogP contribution in [0.1, 0.15) is 21.5 Å². The predicted octanol–water partition coefficient (Wildman–Crippen LogP) is 0.781. The second-order valence-electron chi connectivity index (χ2n) is 3.26. The molecule has 1 aromatic carbocycles. The fourth-order valence-corrected chi connectivity index (χ4v) is 1.22. The van der Waals surface area contributed by atoms with E-state index < -0.39 is 0 Å². The summed E-state index contributed by atoms with van der Waals surface area (Å²) in [5.41, 5.74) is 12.5. The largest absolute Gasteiger partial charge is 0.375 e. The highest BCUT2D eigenvalue weighted by molar-refractivity contribution is 7.80. The van der Waals surface area contributed by atoms with E-state index in [0.717, 1.165) is 11.1 Å². The molecule has 0 aliphatic carbocycles. The van der Waals surface area contributed by atoms with Crippen LogP contribution in [0.25, 0.3) is 0 Å². The van der Waals surface area contributed by atoms with E-state index in [9.17, 15) is 4.79 Å². The lowest BCUT2D eigenvalue weighted by atomic mass is 10.1. The molecule has 0 spiro atoms. The number of rotatable bonds is 1. The second-order valence-corrected chi connectivity index (χ2v) is 3.70. The summed E-state index contributed by atoms with van der Waals surface area (Å²) in [7, 11) is 0. The lowest BCUT2D eigenvalue weighted by molar-refractivity contribution is 0.0943. The van der Waals surface area contributed by atoms with E-state index in [0.29, 0.717) is 5.56 Å². The SMILES string of the molecule is Cc1ccc(C)c(C(=O)NNC(N)=S)c1. The number of carbonyl (C=O) groups excluding carboxylic acids is 1. The zero-order valence-electron chi connectivity index (χ0n) is 8.63. The Morgan fingerprint density at radius 3 is 2.60 bits per heavy atom. The Bertz CT molecular complexity index is 404. The van der Waals surface area contributed by atoms with Gasteiger partial charge in [-0.3, -0.25) is 15.6 Å². The lowest BCUT2D eigenvalue weighted by Gasteiger charge is -2.09. The molecule has 1 amide bonds. The number of carbonyl (C=O) groups is 1. The smallest absolute Gasteiger partial charge is 0.269 e. The number of hydrogen-bond donors (Lipinski definition) is 3. The van der Waals surface area contributed by atoms with Crippen LogP contribution in [0.2, 0.25) is 0 Å². The molecule has 0 saturated heterocycles. The standard InChI is InChI=1S/C10H13N3OS/c1-6-3-4-7(2)8(5-6)9(14)12-13-10(11)15/h3-5H,1-2H3,(H,12,14)(H3,11,13,15). The number of nitrogens with two attached hydrogens (primary N) is 1. The lowest BCUT2D eigenvalue weighted by Crippen LogP contribution is -2.44. The molecule has 4 nitrogen and oxygen atoms in total. The Morgan fingerprint density at radius 2 is 2.00 bits per heavy atom. The first-order valence-corrected chi connectivity index (χ1v) is 4.84. The van der Waals surface area contributed by atoms with Gasteiger partial charge in [0.1, 0.15) is 0 Å². The molecular formula is C10H13N3OS. The minimum atomic E-state index is -0.246. The Hall–Kier alpha value is -1.62. The fourth-order valence-electron chi connectivity index (χ4n) is 1.17. The maximum absolute atomic E-state index is 11.6. The number of amides is 1. The minimum Gasteiger partial charge on any atom is -0.375 e. The summed E-state index contributed by atoms with van der Waals surface area (Å²) in [5.74, 6) is -0.246. The van der Waals surface area contributed by atoms with Gasteiger partial charge in [-0.15, -0.1) is 0 Å². The van der Waals surface area contributed by atoms with Crippen LogP contribution in [-0.2, 0) is 0 Å². The normalized spacial score (nSPS) is 9.47. The molecule has 1 rings (SSSR count). The summed E-state index contributed by atoms with van der Waals surface area (Å²) in [6.45, 7) is 3.80. The number of aryl methyl sites for hydroxylation is 2. The fraction of sp³-hybridized carbons (Fsp3) is 0.200. The minimum absolute atomic E-state index is 0.0358. The van der Waals surface area contributed by atoms with Crippen molar-refractivity contribution in [2.75, 3.05) is 0 Å². The van der Waals surface area contributed by atoms with Crippen LogP contribution in [0.15, 0.2) is 18.2 Å². The van der Waals surface area contributed by atoms with Gasteiger partial charge in [0, 0.05) is 5.56 Å². The Labute approximate surface area is 93.8 Å². The van der Waals surface area contributed by atoms with Crippen molar-refractivity contribution in [3.8, 4) is 0 Å². The van der Waals surface area contributed by atoms with Gasteiger partial charge in [-0.05, 0) is 37.7 Å². The third kappa shape index (κ3) is 3.21. The first-order chi connectivity index (χ1) is 7.00. The van der Waals surface area contributed by atoms with Gasteiger partial charge in [0.15, 0.2) is 5.11 Å². The van der Waals surface area contributed by atoms with Gasteiger partial charge in [-0.1, -0.05) is 17.7 Å². The summed E-state index contributed by atoms with van der Waals surface area (Å²) >= 11 is 4.57. The van der Waals surface area contributed by atoms with Crippen LogP contribution >= 0.6 is 12.2 Å². The van der Waals surface area contributed by atoms with E-state index in [1.54, 1.807) is 0 Å². The van der Waals surface area contributed by atoms with Gasteiger partial charge in [-0.2, -0.15) is 0 Å². The van der Waals surface area contributed by atoms with Crippen LogP contribution in [0.3, 0.4) is 0 Å². The zero-order valence-corrected chi connectivity index (χ0v) is 9.44. The molecule has 0 aliphatic rings. The van der Waals surface area contributed by atoms with Crippen LogP contribution in [-0.4, -0.2) is 11.0 Å². The first-order valence-electron chi connectivity index (χ1n) is 4.43. The number of nitrogens with one attached hydrogen (secondary N) is 2. The van der Waals surface area contributed by atoms with Crippen molar-refractivity contribution >= 4 is 23.2 Å². The molecule has 1 aromatic rings. The van der Waals surface area contributed by atoms with Gasteiger partial charge in [0.2, 0.25) is 0 Å². The number of hydrazine groups is 1. The third-order valence-corrected chi connectivity index (χ3v) is 2.04. The molecule has 0 unspecified atom stereocenters. The Morgan fingerprint density at radius 1 is 1.33 bits per heavy atom. The van der Waals surface area contributed by atoms with Crippen molar-refractivity contribution in [3.05, 3.63) is 34.9 Å². The van der Waals surface area contributed by atoms with E-state index in [-0.39, 0.29) is 11.0 Å². The van der Waals surface area contributed by atoms with Gasteiger partial charge < -0.3 is 5.73 Å². The molecule has 0 radical (unpaired) electrons. The highest BCUT2D eigenvalue weighted by Crippen LogP contribution is 2.09. The van der Waals surface area contributed by atoms with Crippen molar-refractivity contribution in [1.29, 1.82) is 0 Å². The van der Waals surface area contributed by atoms with Crippen molar-refractivity contribution in [2.24, 2.45) is 5.73 Å². The van der Waals surface area contributed by atoms with Crippen molar-refractivity contribution in [3.63, 3.8) is 0 Å². The molecule has 5 heteroatoms. The predicted molar refractivity (Wildman–Crippen MR) is 63.3 cm³/mol. The molecule has 0 heterocycles. The summed E-state index contributed by atoms with van der Waals surface area (Å²) in [6.07, 6.45) is 0. The van der Waals surface area contributed by atoms with E-state index in [1.165, 1.54) is 0 Å². The maximum Gasteiger partial charge on any atom is 0.269 e. The van der Waals surface area contributed by atoms with E-state index in [4.69, 9.17) is 5.73 Å². The number of thiocarbonyl (C=S) groups is 1. The van der Waals surface area contributed by atoms with Crippen molar-refractivity contribution in [1.82, 2.24) is 10.9 Å². The summed E-state index contributed by atoms with van der Waals surface area (Å²) < 4.78 is 0. The quantitative estimate of drug-likeness (QED) is 0.486. The second kappa shape index (κ2) is 4.75. The summed E-state index contributed by atoms with van der Waals surface area (Å²) in [4.78, 5) is 11.6. The van der Waals surface area contributed by atoms with Gasteiger partial charge in [0.05, 0.1) is 0 Å². The topological polar surface area (TPSA) is 67.2 Å². The summed E-state index contributed by atoms with van der Waals surface area (Å²) in [5, 5.41) is 0.0358. The van der Waals surface area contributed by atoms with Crippen molar-refractivity contribution in [2.45, 2.75) is 13.8 Å². The average Bonchev–Trinajstić information content (AvgIpc) is 2.18. The molecule has 0 saturated carbocycles. The van der Waals surface area contributed by atoms with Gasteiger partial charge >= 0.3 is 0 Å². The Balaban J connectivity index is 2.81. The van der Waals surface area contributed by atoms with Crippen LogP contribution in [0.4, 0.5) is 0 Å². The zero-order chi connectivity index (χ0) is 11.4. The van der Waals surface area contributed by atoms with E-state index in [2.05, 4.69) is 23.1 Å². The molecule has 0 atom stereocenters. The Kier molecular flexibility index (Phi) is 3.62. The molecular weight excluding hydrogens is 210 g/mol. The molecule has 0 aromatic heterocycles. The first kappa shape index (κ1) is 11.5. The molecule has 0 aliphatic heterocycles.